The van der Waals surface area contributed by atoms with Gasteiger partial charge in [-0.3, -0.25) is 9.42 Å². The average molecular weight is 350 g/mol. The molecule has 0 bridgehead atoms. The SMILES string of the molecule is OC1c2c(C(F)(F)F)nn(CCCOC(F)(F)F)c2CCC1F. The number of fused-ring (bicyclic) bond motifs is 1. The molecule has 11 heteroatoms. The number of rotatable bonds is 4. The van der Waals surface area contributed by atoms with Gasteiger partial charge in [-0.25, -0.2) is 4.39 Å². The number of aromatic nitrogens is 2. The van der Waals surface area contributed by atoms with E-state index in [4.69, 9.17) is 0 Å². The minimum Gasteiger partial charge on any atom is -0.385 e. The van der Waals surface area contributed by atoms with Crippen LogP contribution in [0.1, 0.15) is 35.9 Å². The molecule has 2 rings (SSSR count). The Morgan fingerprint density at radius 1 is 1.22 bits per heavy atom. The Hall–Kier alpha value is -1.36. The van der Waals surface area contributed by atoms with Gasteiger partial charge in [0.2, 0.25) is 0 Å². The van der Waals surface area contributed by atoms with Crippen molar-refractivity contribution >= 4 is 0 Å². The minimum absolute atomic E-state index is 0.00858. The Kier molecular flexibility index (Phi) is 4.90. The van der Waals surface area contributed by atoms with Crippen LogP contribution in [0, 0.1) is 0 Å². The van der Waals surface area contributed by atoms with Crippen LogP contribution in [0.5, 0.6) is 0 Å². The van der Waals surface area contributed by atoms with E-state index in [0.717, 1.165) is 4.68 Å². The molecule has 1 aromatic rings. The van der Waals surface area contributed by atoms with Gasteiger partial charge in [-0.2, -0.15) is 18.3 Å². The number of hydrogen-bond acceptors (Lipinski definition) is 3. The van der Waals surface area contributed by atoms with Crippen molar-refractivity contribution in [2.24, 2.45) is 0 Å². The van der Waals surface area contributed by atoms with Crippen molar-refractivity contribution in [2.45, 2.75) is 50.6 Å². The first-order valence-electron chi connectivity index (χ1n) is 6.70. The van der Waals surface area contributed by atoms with Gasteiger partial charge in [0.05, 0.1) is 6.61 Å². The summed E-state index contributed by atoms with van der Waals surface area (Å²) in [5.41, 5.74) is -2.04. The third kappa shape index (κ3) is 4.14. The topological polar surface area (TPSA) is 47.3 Å². The van der Waals surface area contributed by atoms with E-state index < -0.39 is 42.7 Å². The van der Waals surface area contributed by atoms with E-state index in [9.17, 15) is 35.8 Å². The number of nitrogens with zero attached hydrogens (tertiary/aromatic N) is 2. The molecule has 2 unspecified atom stereocenters. The monoisotopic (exact) mass is 350 g/mol. The zero-order chi connectivity index (χ0) is 17.4. The van der Waals surface area contributed by atoms with Gasteiger partial charge in [0.15, 0.2) is 5.69 Å². The molecule has 0 aliphatic heterocycles. The van der Waals surface area contributed by atoms with Crippen molar-refractivity contribution in [3.63, 3.8) is 0 Å². The molecule has 0 radical (unpaired) electrons. The van der Waals surface area contributed by atoms with Gasteiger partial charge in [-0.1, -0.05) is 0 Å². The van der Waals surface area contributed by atoms with Crippen molar-refractivity contribution in [3.8, 4) is 0 Å². The quantitative estimate of drug-likeness (QED) is 0.670. The van der Waals surface area contributed by atoms with Crippen LogP contribution in [0.3, 0.4) is 0 Å². The molecule has 4 nitrogen and oxygen atoms in total. The largest absolute Gasteiger partial charge is 0.522 e. The number of hydrogen-bond donors (Lipinski definition) is 1. The van der Waals surface area contributed by atoms with Gasteiger partial charge in [-0.15, -0.1) is 13.2 Å². The molecular weight excluding hydrogens is 337 g/mol. The van der Waals surface area contributed by atoms with Crippen LogP contribution in [0.25, 0.3) is 0 Å². The molecule has 2 atom stereocenters. The van der Waals surface area contributed by atoms with Crippen molar-refractivity contribution in [1.29, 1.82) is 0 Å². The maximum Gasteiger partial charge on any atom is 0.522 e. The molecule has 0 spiro atoms. The van der Waals surface area contributed by atoms with Crippen LogP contribution in [0.2, 0.25) is 0 Å². The molecule has 0 saturated carbocycles. The summed E-state index contributed by atoms with van der Waals surface area (Å²) in [4.78, 5) is 0. The third-order valence-corrected chi connectivity index (χ3v) is 3.44. The molecule has 1 aliphatic carbocycles. The van der Waals surface area contributed by atoms with E-state index in [1.54, 1.807) is 0 Å². The summed E-state index contributed by atoms with van der Waals surface area (Å²) in [6, 6.07) is 0. The zero-order valence-electron chi connectivity index (χ0n) is 11.6. The van der Waals surface area contributed by atoms with Crippen LogP contribution in [0.4, 0.5) is 30.7 Å². The molecule has 0 aromatic carbocycles. The van der Waals surface area contributed by atoms with Crippen molar-refractivity contribution in [3.05, 3.63) is 17.0 Å². The molecule has 0 amide bonds. The first-order chi connectivity index (χ1) is 10.5. The molecule has 132 valence electrons. The second-order valence-electron chi connectivity index (χ2n) is 5.08. The predicted molar refractivity (Wildman–Crippen MR) is 62.0 cm³/mol. The Balaban J connectivity index is 2.20. The van der Waals surface area contributed by atoms with Crippen LogP contribution in [0.15, 0.2) is 0 Å². The van der Waals surface area contributed by atoms with E-state index >= 15 is 0 Å². The fraction of sp³-hybridized carbons (Fsp3) is 0.750. The summed E-state index contributed by atoms with van der Waals surface area (Å²) in [5.74, 6) is 0. The summed E-state index contributed by atoms with van der Waals surface area (Å²) < 4.78 is 92.3. The van der Waals surface area contributed by atoms with Crippen LogP contribution < -0.4 is 0 Å². The van der Waals surface area contributed by atoms with Gasteiger partial charge < -0.3 is 5.11 Å². The summed E-state index contributed by atoms with van der Waals surface area (Å²) in [7, 11) is 0. The van der Waals surface area contributed by atoms with Gasteiger partial charge in [-0.05, 0) is 19.3 Å². The molecule has 0 saturated heterocycles. The molecule has 23 heavy (non-hydrogen) atoms. The Morgan fingerprint density at radius 3 is 2.43 bits per heavy atom. The predicted octanol–water partition coefficient (Wildman–Crippen LogP) is 3.15. The second kappa shape index (κ2) is 6.27. The van der Waals surface area contributed by atoms with Crippen molar-refractivity contribution in [1.82, 2.24) is 9.78 Å². The van der Waals surface area contributed by atoms with Gasteiger partial charge in [0.1, 0.15) is 12.3 Å². The Morgan fingerprint density at radius 2 is 1.87 bits per heavy atom. The van der Waals surface area contributed by atoms with Crippen molar-refractivity contribution in [2.75, 3.05) is 6.61 Å². The fourth-order valence-corrected chi connectivity index (χ4v) is 2.50. The number of aliphatic hydroxyl groups excluding tert-OH is 1. The van der Waals surface area contributed by atoms with Crippen LogP contribution in [-0.2, 0) is 23.9 Å². The maximum atomic E-state index is 13.5. The summed E-state index contributed by atoms with van der Waals surface area (Å²) >= 11 is 0. The Labute approximate surface area is 125 Å². The second-order valence-corrected chi connectivity index (χ2v) is 5.08. The lowest BCUT2D eigenvalue weighted by molar-refractivity contribution is -0.324. The van der Waals surface area contributed by atoms with Gasteiger partial charge in [0.25, 0.3) is 0 Å². The summed E-state index contributed by atoms with van der Waals surface area (Å²) in [6.45, 7) is -1.01. The fourth-order valence-electron chi connectivity index (χ4n) is 2.50. The molecule has 1 N–H and O–H groups in total. The number of aliphatic hydroxyl groups is 1. The molecule has 1 aliphatic rings. The highest BCUT2D eigenvalue weighted by Crippen LogP contribution is 2.41. The standard InChI is InChI=1S/C12H13F7N2O2/c13-6-2-3-7-8(9(6)22)10(11(14,15)16)20-21(7)4-1-5-23-12(17,18)19/h6,9,22H,1-5H2. The smallest absolute Gasteiger partial charge is 0.385 e. The van der Waals surface area contributed by atoms with Crippen molar-refractivity contribution < 1.29 is 40.6 Å². The zero-order valence-corrected chi connectivity index (χ0v) is 11.6. The number of aryl methyl sites for hydroxylation is 1. The van der Waals surface area contributed by atoms with Gasteiger partial charge >= 0.3 is 12.5 Å². The highest BCUT2D eigenvalue weighted by atomic mass is 19.4. The summed E-state index contributed by atoms with van der Waals surface area (Å²) in [6.07, 6.45) is -14.0. The molecular formula is C12H13F7N2O2. The van der Waals surface area contributed by atoms with E-state index in [2.05, 4.69) is 9.84 Å². The lowest BCUT2D eigenvalue weighted by atomic mass is 9.91. The van der Waals surface area contributed by atoms with Crippen LogP contribution in [-0.4, -0.2) is 34.0 Å². The number of alkyl halides is 7. The Bertz CT molecular complexity index is 553. The van der Waals surface area contributed by atoms with Crippen LogP contribution >= 0.6 is 0 Å². The third-order valence-electron chi connectivity index (χ3n) is 3.44. The van der Waals surface area contributed by atoms with E-state index in [0.29, 0.717) is 0 Å². The first-order valence-corrected chi connectivity index (χ1v) is 6.70. The maximum absolute atomic E-state index is 13.5. The lowest BCUT2D eigenvalue weighted by Crippen LogP contribution is -2.24. The number of halogens is 7. The molecule has 1 heterocycles. The molecule has 0 fully saturated rings. The number of ether oxygens (including phenoxy) is 1. The molecule has 1 aromatic heterocycles. The average Bonchev–Trinajstić information content (AvgIpc) is 2.77. The highest BCUT2D eigenvalue weighted by molar-refractivity contribution is 5.34. The van der Waals surface area contributed by atoms with Gasteiger partial charge in [0, 0.05) is 17.8 Å². The summed E-state index contributed by atoms with van der Waals surface area (Å²) in [5, 5.41) is 13.0. The van der Waals surface area contributed by atoms with E-state index in [1.165, 1.54) is 0 Å². The lowest BCUT2D eigenvalue weighted by Gasteiger charge is -2.23. The minimum atomic E-state index is -4.89. The highest BCUT2D eigenvalue weighted by Gasteiger charge is 2.44. The normalized spacial score (nSPS) is 22.3. The first kappa shape index (κ1) is 18.0. The van der Waals surface area contributed by atoms with E-state index in [-0.39, 0.29) is 31.5 Å². The van der Waals surface area contributed by atoms with E-state index in [1.807, 2.05) is 0 Å².